The summed E-state index contributed by atoms with van der Waals surface area (Å²) in [5.74, 6) is 0.152. The molecule has 0 radical (unpaired) electrons. The molecule has 0 fully saturated rings. The van der Waals surface area contributed by atoms with Gasteiger partial charge in [0.25, 0.3) is 5.91 Å². The second-order valence-electron chi connectivity index (χ2n) is 7.08. The molecule has 1 heterocycles. The van der Waals surface area contributed by atoms with Crippen molar-refractivity contribution in [3.63, 3.8) is 0 Å². The summed E-state index contributed by atoms with van der Waals surface area (Å²) in [6, 6.07) is 21.1. The minimum Gasteiger partial charge on any atom is -0.419 e. The van der Waals surface area contributed by atoms with Gasteiger partial charge in [0.15, 0.2) is 0 Å². The largest absolute Gasteiger partial charge is 0.419 e. The van der Waals surface area contributed by atoms with Crippen LogP contribution in [0.4, 0.5) is 10.1 Å². The highest BCUT2D eigenvalue weighted by Crippen LogP contribution is 2.20. The molecule has 0 aliphatic rings. The van der Waals surface area contributed by atoms with Crippen molar-refractivity contribution < 1.29 is 13.6 Å². The van der Waals surface area contributed by atoms with Crippen LogP contribution in [0.1, 0.15) is 27.4 Å². The maximum Gasteiger partial charge on any atom is 0.253 e. The van der Waals surface area contributed by atoms with Crippen molar-refractivity contribution in [2.45, 2.75) is 20.0 Å². The molecule has 0 aliphatic heterocycles. The molecule has 3 aromatic carbocycles. The highest BCUT2D eigenvalue weighted by atomic mass is 19.1. The summed E-state index contributed by atoms with van der Waals surface area (Å²) in [4.78, 5) is 12.7. The van der Waals surface area contributed by atoms with E-state index in [1.807, 2.05) is 49.4 Å². The second-order valence-corrected chi connectivity index (χ2v) is 7.08. The molecule has 0 unspecified atom stereocenters. The molecule has 31 heavy (non-hydrogen) atoms. The number of nitrogens with zero attached hydrogens (tertiary/aromatic N) is 2. The van der Waals surface area contributed by atoms with Crippen LogP contribution in [-0.4, -0.2) is 16.1 Å². The molecule has 2 N–H and O–H groups in total. The molecule has 0 spiro atoms. The Morgan fingerprint density at radius 1 is 0.935 bits per heavy atom. The number of anilines is 1. The van der Waals surface area contributed by atoms with Gasteiger partial charge in [-0.1, -0.05) is 42.0 Å². The number of halogens is 1. The van der Waals surface area contributed by atoms with Gasteiger partial charge in [-0.3, -0.25) is 4.79 Å². The van der Waals surface area contributed by atoms with Gasteiger partial charge in [-0.15, -0.1) is 10.2 Å². The van der Waals surface area contributed by atoms with Crippen molar-refractivity contribution in [3.05, 3.63) is 101 Å². The molecule has 6 nitrogen and oxygen atoms in total. The van der Waals surface area contributed by atoms with Crippen molar-refractivity contribution in [2.24, 2.45) is 0 Å². The van der Waals surface area contributed by atoms with E-state index in [1.54, 1.807) is 18.2 Å². The SMILES string of the molecule is Cc1ccc(CNC(=O)c2ccccc2NCc2nnc(-c3ccc(F)cc3)o2)cc1. The van der Waals surface area contributed by atoms with E-state index in [2.05, 4.69) is 20.8 Å². The predicted molar refractivity (Wildman–Crippen MR) is 116 cm³/mol. The Kier molecular flexibility index (Phi) is 6.03. The minimum absolute atomic E-state index is 0.179. The van der Waals surface area contributed by atoms with Crippen LogP contribution in [-0.2, 0) is 13.1 Å². The number of aromatic nitrogens is 2. The van der Waals surface area contributed by atoms with E-state index in [0.29, 0.717) is 35.1 Å². The third-order valence-electron chi connectivity index (χ3n) is 4.73. The number of para-hydroxylation sites is 1. The van der Waals surface area contributed by atoms with Crippen LogP contribution < -0.4 is 10.6 Å². The van der Waals surface area contributed by atoms with Gasteiger partial charge >= 0.3 is 0 Å². The summed E-state index contributed by atoms with van der Waals surface area (Å²) in [5, 5.41) is 14.1. The number of hydrogen-bond acceptors (Lipinski definition) is 5. The number of carbonyl (C=O) groups excluding carboxylic acids is 1. The van der Waals surface area contributed by atoms with Gasteiger partial charge in [0.1, 0.15) is 5.82 Å². The molecule has 4 rings (SSSR count). The Balaban J connectivity index is 1.40. The monoisotopic (exact) mass is 416 g/mol. The third kappa shape index (κ3) is 5.14. The Morgan fingerprint density at radius 2 is 1.68 bits per heavy atom. The van der Waals surface area contributed by atoms with Crippen LogP contribution in [0.25, 0.3) is 11.5 Å². The normalized spacial score (nSPS) is 10.6. The molecule has 7 heteroatoms. The summed E-state index contributed by atoms with van der Waals surface area (Å²) in [6.07, 6.45) is 0. The summed E-state index contributed by atoms with van der Waals surface area (Å²) in [7, 11) is 0. The minimum atomic E-state index is -0.331. The third-order valence-corrected chi connectivity index (χ3v) is 4.73. The molecule has 0 saturated carbocycles. The zero-order valence-electron chi connectivity index (χ0n) is 16.9. The average molecular weight is 416 g/mol. The first-order chi connectivity index (χ1) is 15.1. The molecular formula is C24H21FN4O2. The van der Waals surface area contributed by atoms with Crippen LogP contribution in [0.3, 0.4) is 0 Å². The van der Waals surface area contributed by atoms with Crippen LogP contribution in [0.5, 0.6) is 0 Å². The molecular weight excluding hydrogens is 395 g/mol. The van der Waals surface area contributed by atoms with E-state index in [-0.39, 0.29) is 18.3 Å². The number of aryl methyl sites for hydroxylation is 1. The topological polar surface area (TPSA) is 80.0 Å². The fourth-order valence-electron chi connectivity index (χ4n) is 3.02. The maximum absolute atomic E-state index is 13.1. The Bertz CT molecular complexity index is 1170. The van der Waals surface area contributed by atoms with Gasteiger partial charge < -0.3 is 15.1 Å². The highest BCUT2D eigenvalue weighted by molar-refractivity contribution is 5.99. The predicted octanol–water partition coefficient (Wildman–Crippen LogP) is 4.73. The van der Waals surface area contributed by atoms with E-state index in [4.69, 9.17) is 4.42 Å². The zero-order chi connectivity index (χ0) is 21.6. The van der Waals surface area contributed by atoms with Crippen LogP contribution in [0.15, 0.2) is 77.2 Å². The van der Waals surface area contributed by atoms with Gasteiger partial charge in [0, 0.05) is 17.8 Å². The van der Waals surface area contributed by atoms with Crippen molar-refractivity contribution >= 4 is 11.6 Å². The Hall–Kier alpha value is -4.00. The smallest absolute Gasteiger partial charge is 0.253 e. The average Bonchev–Trinajstić information content (AvgIpc) is 3.27. The molecule has 0 aliphatic carbocycles. The van der Waals surface area contributed by atoms with Crippen LogP contribution in [0, 0.1) is 12.7 Å². The lowest BCUT2D eigenvalue weighted by atomic mass is 10.1. The van der Waals surface area contributed by atoms with E-state index in [1.165, 1.54) is 17.7 Å². The van der Waals surface area contributed by atoms with Gasteiger partial charge in [-0.25, -0.2) is 4.39 Å². The summed E-state index contributed by atoms with van der Waals surface area (Å²) >= 11 is 0. The van der Waals surface area contributed by atoms with Gasteiger partial charge in [-0.2, -0.15) is 0 Å². The number of rotatable bonds is 7. The first kappa shape index (κ1) is 20.3. The zero-order valence-corrected chi connectivity index (χ0v) is 16.9. The van der Waals surface area contributed by atoms with Gasteiger partial charge in [0.05, 0.1) is 12.1 Å². The van der Waals surface area contributed by atoms with E-state index < -0.39 is 0 Å². The molecule has 1 aromatic heterocycles. The number of amides is 1. The lowest BCUT2D eigenvalue weighted by Crippen LogP contribution is -2.24. The standard InChI is InChI=1S/C24H21FN4O2/c1-16-6-8-17(9-7-16)14-27-23(30)20-4-2-3-5-21(20)26-15-22-28-29-24(31-22)18-10-12-19(25)13-11-18/h2-13,26H,14-15H2,1H3,(H,27,30). The van der Waals surface area contributed by atoms with Gasteiger partial charge in [-0.05, 0) is 48.9 Å². The molecule has 156 valence electrons. The van der Waals surface area contributed by atoms with Crippen molar-refractivity contribution in [1.29, 1.82) is 0 Å². The number of hydrogen-bond donors (Lipinski definition) is 2. The summed E-state index contributed by atoms with van der Waals surface area (Å²) in [5.41, 5.74) is 4.02. The number of carbonyl (C=O) groups is 1. The fourth-order valence-corrected chi connectivity index (χ4v) is 3.02. The van der Waals surface area contributed by atoms with E-state index in [9.17, 15) is 9.18 Å². The first-order valence-electron chi connectivity index (χ1n) is 9.83. The summed E-state index contributed by atoms with van der Waals surface area (Å²) < 4.78 is 18.7. The second kappa shape index (κ2) is 9.21. The van der Waals surface area contributed by atoms with Crippen molar-refractivity contribution in [1.82, 2.24) is 15.5 Å². The molecule has 0 atom stereocenters. The lowest BCUT2D eigenvalue weighted by Gasteiger charge is -2.11. The Labute approximate surface area is 179 Å². The fraction of sp³-hybridized carbons (Fsp3) is 0.125. The maximum atomic E-state index is 13.1. The molecule has 0 bridgehead atoms. The number of nitrogens with one attached hydrogen (secondary N) is 2. The number of benzene rings is 3. The van der Waals surface area contributed by atoms with Crippen molar-refractivity contribution in [2.75, 3.05) is 5.32 Å². The quantitative estimate of drug-likeness (QED) is 0.455. The van der Waals surface area contributed by atoms with Gasteiger partial charge in [0.2, 0.25) is 11.8 Å². The molecule has 1 amide bonds. The van der Waals surface area contributed by atoms with Crippen molar-refractivity contribution in [3.8, 4) is 11.5 Å². The highest BCUT2D eigenvalue weighted by Gasteiger charge is 2.13. The van der Waals surface area contributed by atoms with Crippen LogP contribution in [0.2, 0.25) is 0 Å². The van der Waals surface area contributed by atoms with E-state index >= 15 is 0 Å². The first-order valence-corrected chi connectivity index (χ1v) is 9.83. The summed E-state index contributed by atoms with van der Waals surface area (Å²) in [6.45, 7) is 2.71. The van der Waals surface area contributed by atoms with E-state index in [0.717, 1.165) is 5.56 Å². The lowest BCUT2D eigenvalue weighted by molar-refractivity contribution is 0.0951. The molecule has 0 saturated heterocycles. The molecule has 4 aromatic rings. The van der Waals surface area contributed by atoms with Crippen LogP contribution >= 0.6 is 0 Å². The Morgan fingerprint density at radius 3 is 2.45 bits per heavy atom.